The molecule has 0 aromatic heterocycles. The molecule has 128 valence electrons. The van der Waals surface area contributed by atoms with Gasteiger partial charge >= 0.3 is 0 Å². The van der Waals surface area contributed by atoms with Gasteiger partial charge in [0.05, 0.1) is 58.9 Å². The maximum atomic E-state index is 9.70. The van der Waals surface area contributed by atoms with Gasteiger partial charge in [0.25, 0.3) is 0 Å². The van der Waals surface area contributed by atoms with E-state index in [1.165, 1.54) is 0 Å². The Morgan fingerprint density at radius 2 is 0.667 bits per heavy atom. The lowest BCUT2D eigenvalue weighted by molar-refractivity contribution is 0.0870. The summed E-state index contributed by atoms with van der Waals surface area (Å²) in [6.45, 7) is -2.02. The van der Waals surface area contributed by atoms with Crippen LogP contribution in [0.2, 0.25) is 24.2 Å². The SMILES string of the molecule is OCC(O)C[Si](CC(O)CO)(CC(O)CO)CC(O)CO. The van der Waals surface area contributed by atoms with Crippen LogP contribution < -0.4 is 0 Å². The third-order valence-corrected chi connectivity index (χ3v) is 8.87. The molecule has 0 saturated carbocycles. The third kappa shape index (κ3) is 8.19. The normalized spacial score (nSPS) is 20.6. The van der Waals surface area contributed by atoms with Gasteiger partial charge in [-0.05, 0) is 24.2 Å². The fraction of sp³-hybridized carbons (Fsp3) is 1.00. The molecule has 9 heteroatoms. The van der Waals surface area contributed by atoms with E-state index >= 15 is 0 Å². The zero-order chi connectivity index (χ0) is 16.5. The second-order valence-electron chi connectivity index (χ2n) is 5.66. The van der Waals surface area contributed by atoms with Crippen molar-refractivity contribution in [3.8, 4) is 0 Å². The minimum absolute atomic E-state index is 0.0781. The summed E-state index contributed by atoms with van der Waals surface area (Å²) in [5, 5.41) is 74.8. The number of hydrogen-bond acceptors (Lipinski definition) is 8. The molecule has 0 spiro atoms. The summed E-state index contributed by atoms with van der Waals surface area (Å²) in [4.78, 5) is 0. The molecule has 8 N–H and O–H groups in total. The van der Waals surface area contributed by atoms with Crippen LogP contribution in [0.1, 0.15) is 0 Å². The topological polar surface area (TPSA) is 162 Å². The fourth-order valence-corrected chi connectivity index (χ4v) is 8.27. The van der Waals surface area contributed by atoms with Crippen LogP contribution in [0, 0.1) is 0 Å². The van der Waals surface area contributed by atoms with Crippen LogP contribution in [0.15, 0.2) is 0 Å². The zero-order valence-corrected chi connectivity index (χ0v) is 13.0. The van der Waals surface area contributed by atoms with Gasteiger partial charge in [0.15, 0.2) is 0 Å². The quantitative estimate of drug-likeness (QED) is 0.174. The van der Waals surface area contributed by atoms with Crippen LogP contribution in [0.25, 0.3) is 0 Å². The van der Waals surface area contributed by atoms with E-state index in [9.17, 15) is 20.4 Å². The van der Waals surface area contributed by atoms with Gasteiger partial charge in [-0.3, -0.25) is 0 Å². The van der Waals surface area contributed by atoms with Crippen LogP contribution in [0.5, 0.6) is 0 Å². The average molecular weight is 328 g/mol. The molecule has 0 radical (unpaired) electrons. The van der Waals surface area contributed by atoms with Crippen LogP contribution in [-0.4, -0.2) is 99.8 Å². The Labute approximate surface area is 124 Å². The van der Waals surface area contributed by atoms with Gasteiger partial charge in [-0.25, -0.2) is 0 Å². The van der Waals surface area contributed by atoms with Gasteiger partial charge in [-0.15, -0.1) is 0 Å². The van der Waals surface area contributed by atoms with Gasteiger partial charge in [-0.1, -0.05) is 0 Å². The first kappa shape index (κ1) is 20.9. The second-order valence-corrected chi connectivity index (χ2v) is 10.3. The Bertz CT molecular complexity index is 214. The van der Waals surface area contributed by atoms with Crippen LogP contribution >= 0.6 is 0 Å². The van der Waals surface area contributed by atoms with Gasteiger partial charge in [0.1, 0.15) is 0 Å². The van der Waals surface area contributed by atoms with Crippen molar-refractivity contribution >= 4 is 8.07 Å². The van der Waals surface area contributed by atoms with Crippen molar-refractivity contribution < 1.29 is 40.9 Å². The van der Waals surface area contributed by atoms with E-state index in [-0.39, 0.29) is 24.2 Å². The first-order valence-corrected chi connectivity index (χ1v) is 9.81. The lowest BCUT2D eigenvalue weighted by Crippen LogP contribution is -2.48. The predicted octanol–water partition coefficient (Wildman–Crippen LogP) is -3.15. The minimum Gasteiger partial charge on any atom is -0.394 e. The highest BCUT2D eigenvalue weighted by Gasteiger charge is 2.40. The lowest BCUT2D eigenvalue weighted by Gasteiger charge is -2.37. The van der Waals surface area contributed by atoms with Crippen molar-refractivity contribution in [3.05, 3.63) is 0 Å². The molecule has 21 heavy (non-hydrogen) atoms. The smallest absolute Gasteiger partial charge is 0.0747 e. The molecule has 8 nitrogen and oxygen atoms in total. The first-order chi connectivity index (χ1) is 9.82. The maximum Gasteiger partial charge on any atom is 0.0747 e. The standard InChI is InChI=1S/C12H28O8Si/c13-1-9(17)5-21(6-10(18)2-14,7-11(19)3-15)8-12(20)4-16/h9-20H,1-8H2. The van der Waals surface area contributed by atoms with Gasteiger partial charge in [-0.2, -0.15) is 0 Å². The molecule has 0 bridgehead atoms. The molecule has 0 amide bonds. The molecular formula is C12H28O8Si. The Balaban J connectivity index is 5.23. The number of aliphatic hydroxyl groups is 8. The number of rotatable bonds is 12. The molecular weight excluding hydrogens is 300 g/mol. The zero-order valence-electron chi connectivity index (χ0n) is 12.0. The van der Waals surface area contributed by atoms with E-state index in [2.05, 4.69) is 0 Å². The van der Waals surface area contributed by atoms with Crippen molar-refractivity contribution in [2.45, 2.75) is 48.6 Å². The molecule has 0 rings (SSSR count). The van der Waals surface area contributed by atoms with Crippen molar-refractivity contribution in [2.75, 3.05) is 26.4 Å². The highest BCUT2D eigenvalue weighted by atomic mass is 28.3. The molecule has 0 saturated heterocycles. The summed E-state index contributed by atoms with van der Waals surface area (Å²) in [7, 11) is -2.77. The van der Waals surface area contributed by atoms with Gasteiger partial charge in [0.2, 0.25) is 0 Å². The van der Waals surface area contributed by atoms with Gasteiger partial charge in [0, 0.05) is 0 Å². The van der Waals surface area contributed by atoms with Gasteiger partial charge < -0.3 is 40.9 Å². The van der Waals surface area contributed by atoms with Crippen LogP contribution in [0.3, 0.4) is 0 Å². The summed E-state index contributed by atoms with van der Waals surface area (Å²) in [6.07, 6.45) is -4.34. The summed E-state index contributed by atoms with van der Waals surface area (Å²) >= 11 is 0. The molecule has 4 unspecified atom stereocenters. The summed E-state index contributed by atoms with van der Waals surface area (Å²) in [6, 6.07) is 0.312. The largest absolute Gasteiger partial charge is 0.394 e. The highest BCUT2D eigenvalue weighted by molar-refractivity contribution is 6.80. The van der Waals surface area contributed by atoms with Crippen molar-refractivity contribution in [1.82, 2.24) is 0 Å². The lowest BCUT2D eigenvalue weighted by atomic mass is 10.4. The Morgan fingerprint density at radius 1 is 0.476 bits per heavy atom. The second kappa shape index (κ2) is 10.6. The maximum absolute atomic E-state index is 9.70. The Morgan fingerprint density at radius 3 is 0.810 bits per heavy atom. The van der Waals surface area contributed by atoms with Crippen molar-refractivity contribution in [3.63, 3.8) is 0 Å². The average Bonchev–Trinajstić information content (AvgIpc) is 2.46. The predicted molar refractivity (Wildman–Crippen MR) is 77.4 cm³/mol. The fourth-order valence-electron chi connectivity index (χ4n) is 2.76. The number of aliphatic hydroxyl groups excluding tert-OH is 8. The third-order valence-electron chi connectivity index (χ3n) is 3.52. The van der Waals surface area contributed by atoms with E-state index in [4.69, 9.17) is 20.4 Å². The van der Waals surface area contributed by atoms with Crippen LogP contribution in [0.4, 0.5) is 0 Å². The monoisotopic (exact) mass is 328 g/mol. The Kier molecular flexibility index (Phi) is 10.5. The summed E-state index contributed by atoms with van der Waals surface area (Å²) in [5.41, 5.74) is 0. The van der Waals surface area contributed by atoms with E-state index in [0.717, 1.165) is 0 Å². The summed E-state index contributed by atoms with van der Waals surface area (Å²) < 4.78 is 0. The molecule has 0 fully saturated rings. The van der Waals surface area contributed by atoms with Crippen molar-refractivity contribution in [1.29, 1.82) is 0 Å². The molecule has 0 aliphatic carbocycles. The first-order valence-electron chi connectivity index (χ1n) is 6.98. The van der Waals surface area contributed by atoms with Crippen LogP contribution in [-0.2, 0) is 0 Å². The molecule has 0 aliphatic rings. The highest BCUT2D eigenvalue weighted by Crippen LogP contribution is 2.32. The van der Waals surface area contributed by atoms with E-state index in [1.807, 2.05) is 0 Å². The van der Waals surface area contributed by atoms with E-state index < -0.39 is 58.9 Å². The Hall–Kier alpha value is -0.103. The number of hydrogen-bond donors (Lipinski definition) is 8. The molecule has 0 heterocycles. The van der Waals surface area contributed by atoms with Crippen molar-refractivity contribution in [2.24, 2.45) is 0 Å². The van der Waals surface area contributed by atoms with E-state index in [0.29, 0.717) is 0 Å². The molecule has 0 aromatic carbocycles. The molecule has 0 aliphatic heterocycles. The minimum atomic E-state index is -2.77. The molecule has 0 aromatic rings. The van der Waals surface area contributed by atoms with E-state index in [1.54, 1.807) is 0 Å². The summed E-state index contributed by atoms with van der Waals surface area (Å²) in [5.74, 6) is 0. The molecule has 4 atom stereocenters.